The monoisotopic (exact) mass is 367 g/mol. The largest absolute Gasteiger partial charge is 0.348 e. The molecule has 27 heavy (non-hydrogen) atoms. The van der Waals surface area contributed by atoms with Gasteiger partial charge in [0.1, 0.15) is 5.82 Å². The number of anilines is 1. The molecule has 2 aromatic rings. The fourth-order valence-electron chi connectivity index (χ4n) is 4.00. The van der Waals surface area contributed by atoms with Crippen LogP contribution >= 0.6 is 0 Å². The van der Waals surface area contributed by atoms with Crippen LogP contribution in [0.25, 0.3) is 0 Å². The zero-order valence-corrected chi connectivity index (χ0v) is 15.6. The fraction of sp³-hybridized carbons (Fsp3) is 0.500. The zero-order valence-electron chi connectivity index (χ0n) is 15.6. The maximum atomic E-state index is 12.6. The average Bonchev–Trinajstić information content (AvgIpc) is 3.29. The van der Waals surface area contributed by atoms with Gasteiger partial charge in [-0.05, 0) is 30.9 Å². The molecule has 0 bridgehead atoms. The molecule has 3 heterocycles. The van der Waals surface area contributed by atoms with Gasteiger partial charge in [-0.2, -0.15) is 0 Å². The van der Waals surface area contributed by atoms with E-state index in [1.54, 1.807) is 4.90 Å². The van der Waals surface area contributed by atoms with Crippen LogP contribution < -0.4 is 10.2 Å². The van der Waals surface area contributed by atoms with E-state index in [0.717, 1.165) is 55.1 Å². The summed E-state index contributed by atoms with van der Waals surface area (Å²) < 4.78 is 2.10. The summed E-state index contributed by atoms with van der Waals surface area (Å²) >= 11 is 0. The van der Waals surface area contributed by atoms with Gasteiger partial charge in [0.2, 0.25) is 11.8 Å². The fourth-order valence-corrected chi connectivity index (χ4v) is 4.00. The third kappa shape index (κ3) is 3.46. The Hall–Kier alpha value is -2.70. The Kier molecular flexibility index (Phi) is 4.92. The molecule has 1 N–H and O–H groups in total. The molecule has 4 rings (SSSR count). The number of para-hydroxylation sites is 1. The van der Waals surface area contributed by atoms with E-state index in [4.69, 9.17) is 0 Å². The summed E-state index contributed by atoms with van der Waals surface area (Å²) in [6.45, 7) is 3.78. The summed E-state index contributed by atoms with van der Waals surface area (Å²) in [6, 6.07) is 7.90. The first-order chi connectivity index (χ1) is 13.2. The summed E-state index contributed by atoms with van der Waals surface area (Å²) in [6.07, 6.45) is 4.32. The van der Waals surface area contributed by atoms with Crippen molar-refractivity contribution in [3.05, 3.63) is 41.5 Å². The number of aromatic nitrogens is 3. The lowest BCUT2D eigenvalue weighted by molar-refractivity contribution is -0.126. The first-order valence-electron chi connectivity index (χ1n) is 9.74. The summed E-state index contributed by atoms with van der Waals surface area (Å²) in [5, 5.41) is 11.4. The number of nitrogens with zero attached hydrogens (tertiary/aromatic N) is 4. The predicted octanol–water partition coefficient (Wildman–Crippen LogP) is 1.85. The molecule has 1 atom stereocenters. The van der Waals surface area contributed by atoms with Gasteiger partial charge in [-0.1, -0.05) is 25.1 Å². The van der Waals surface area contributed by atoms with Crippen molar-refractivity contribution in [1.82, 2.24) is 20.1 Å². The molecule has 2 aliphatic heterocycles. The average molecular weight is 367 g/mol. The molecule has 0 radical (unpaired) electrons. The molecule has 0 saturated carbocycles. The number of carbonyl (C=O) groups is 2. The Morgan fingerprint density at radius 1 is 1.26 bits per heavy atom. The summed E-state index contributed by atoms with van der Waals surface area (Å²) in [5.41, 5.74) is 2.05. The molecule has 0 spiro atoms. The number of amides is 2. The van der Waals surface area contributed by atoms with E-state index >= 15 is 0 Å². The van der Waals surface area contributed by atoms with Crippen molar-refractivity contribution in [2.24, 2.45) is 5.92 Å². The third-order valence-electron chi connectivity index (χ3n) is 5.52. The van der Waals surface area contributed by atoms with Gasteiger partial charge in [-0.25, -0.2) is 0 Å². The van der Waals surface area contributed by atoms with Crippen LogP contribution in [0.15, 0.2) is 24.3 Å². The Balaban J connectivity index is 1.40. The van der Waals surface area contributed by atoms with Crippen molar-refractivity contribution < 1.29 is 9.59 Å². The number of benzene rings is 1. The first-order valence-corrected chi connectivity index (χ1v) is 9.74. The van der Waals surface area contributed by atoms with Crippen LogP contribution in [0.4, 0.5) is 5.69 Å². The van der Waals surface area contributed by atoms with E-state index in [9.17, 15) is 9.59 Å². The van der Waals surface area contributed by atoms with Crippen LogP contribution in [-0.4, -0.2) is 33.1 Å². The Labute approximate surface area is 158 Å². The standard InChI is InChI=1S/C20H25N5O2/c1-2-14-7-3-4-8-16(14)25-13-15(11-19(25)26)20(27)21-12-18-23-22-17-9-5-6-10-24(17)18/h3-4,7-8,15H,2,5-6,9-13H2,1H3,(H,21,27)/t15-/m0/s1. The van der Waals surface area contributed by atoms with Gasteiger partial charge in [0, 0.05) is 31.6 Å². The molecular formula is C20H25N5O2. The second kappa shape index (κ2) is 7.50. The minimum Gasteiger partial charge on any atom is -0.348 e. The van der Waals surface area contributed by atoms with Gasteiger partial charge in [-0.3, -0.25) is 9.59 Å². The molecule has 1 aromatic heterocycles. The molecule has 1 fully saturated rings. The van der Waals surface area contributed by atoms with Crippen molar-refractivity contribution in [3.63, 3.8) is 0 Å². The lowest BCUT2D eigenvalue weighted by Crippen LogP contribution is -2.33. The van der Waals surface area contributed by atoms with Crippen molar-refractivity contribution in [3.8, 4) is 0 Å². The number of aryl methyl sites for hydroxylation is 2. The highest BCUT2D eigenvalue weighted by molar-refractivity contribution is 6.00. The van der Waals surface area contributed by atoms with Gasteiger partial charge >= 0.3 is 0 Å². The van der Waals surface area contributed by atoms with E-state index < -0.39 is 0 Å². The third-order valence-corrected chi connectivity index (χ3v) is 5.52. The van der Waals surface area contributed by atoms with Crippen LogP contribution in [0.2, 0.25) is 0 Å². The van der Waals surface area contributed by atoms with Crippen LogP contribution in [0.5, 0.6) is 0 Å². The minimum atomic E-state index is -0.328. The zero-order chi connectivity index (χ0) is 18.8. The molecular weight excluding hydrogens is 342 g/mol. The van der Waals surface area contributed by atoms with Crippen LogP contribution in [0.3, 0.4) is 0 Å². The summed E-state index contributed by atoms with van der Waals surface area (Å²) in [4.78, 5) is 26.9. The topological polar surface area (TPSA) is 80.1 Å². The summed E-state index contributed by atoms with van der Waals surface area (Å²) in [7, 11) is 0. The Morgan fingerprint density at radius 3 is 2.96 bits per heavy atom. The highest BCUT2D eigenvalue weighted by atomic mass is 16.2. The molecule has 2 aliphatic rings. The minimum absolute atomic E-state index is 0.0101. The van der Waals surface area contributed by atoms with E-state index in [0.29, 0.717) is 13.1 Å². The molecule has 142 valence electrons. The van der Waals surface area contributed by atoms with E-state index in [1.807, 2.05) is 24.3 Å². The molecule has 1 saturated heterocycles. The van der Waals surface area contributed by atoms with Crippen LogP contribution in [-0.2, 0) is 35.5 Å². The number of nitrogens with one attached hydrogen (secondary N) is 1. The lowest BCUT2D eigenvalue weighted by Gasteiger charge is -2.20. The highest BCUT2D eigenvalue weighted by Crippen LogP contribution is 2.28. The van der Waals surface area contributed by atoms with Crippen molar-refractivity contribution in [2.75, 3.05) is 11.4 Å². The normalized spacial score (nSPS) is 19.2. The van der Waals surface area contributed by atoms with Crippen molar-refractivity contribution >= 4 is 17.5 Å². The SMILES string of the molecule is CCc1ccccc1N1C[C@@H](C(=O)NCc2nnc3n2CCCC3)CC1=O. The first kappa shape index (κ1) is 17.7. The quantitative estimate of drug-likeness (QED) is 0.875. The maximum Gasteiger partial charge on any atom is 0.227 e. The lowest BCUT2D eigenvalue weighted by atomic mass is 10.1. The molecule has 7 heteroatoms. The second-order valence-corrected chi connectivity index (χ2v) is 7.25. The number of hydrogen-bond acceptors (Lipinski definition) is 4. The van der Waals surface area contributed by atoms with Gasteiger partial charge in [0.15, 0.2) is 5.82 Å². The smallest absolute Gasteiger partial charge is 0.227 e. The molecule has 0 unspecified atom stereocenters. The van der Waals surface area contributed by atoms with E-state index in [1.165, 1.54) is 0 Å². The van der Waals surface area contributed by atoms with Gasteiger partial charge in [0.25, 0.3) is 0 Å². The number of fused-ring (bicyclic) bond motifs is 1. The van der Waals surface area contributed by atoms with Crippen molar-refractivity contribution in [2.45, 2.75) is 52.1 Å². The van der Waals surface area contributed by atoms with Gasteiger partial charge in [0.05, 0.1) is 12.5 Å². The summed E-state index contributed by atoms with van der Waals surface area (Å²) in [5.74, 6) is 1.40. The molecule has 0 aliphatic carbocycles. The number of hydrogen-bond donors (Lipinski definition) is 1. The van der Waals surface area contributed by atoms with Gasteiger partial charge in [-0.15, -0.1) is 10.2 Å². The highest BCUT2D eigenvalue weighted by Gasteiger charge is 2.35. The molecule has 7 nitrogen and oxygen atoms in total. The number of rotatable bonds is 5. The van der Waals surface area contributed by atoms with Crippen LogP contribution in [0, 0.1) is 5.92 Å². The van der Waals surface area contributed by atoms with Crippen molar-refractivity contribution in [1.29, 1.82) is 0 Å². The maximum absolute atomic E-state index is 12.6. The predicted molar refractivity (Wildman–Crippen MR) is 101 cm³/mol. The number of carbonyl (C=O) groups excluding carboxylic acids is 2. The molecule has 2 amide bonds. The Bertz CT molecular complexity index is 860. The van der Waals surface area contributed by atoms with Crippen LogP contribution in [0.1, 0.15) is 43.4 Å². The Morgan fingerprint density at radius 2 is 2.11 bits per heavy atom. The van der Waals surface area contributed by atoms with Gasteiger partial charge < -0.3 is 14.8 Å². The second-order valence-electron chi connectivity index (χ2n) is 7.25. The van der Waals surface area contributed by atoms with E-state index in [2.05, 4.69) is 27.0 Å². The molecule has 1 aromatic carbocycles. The van der Waals surface area contributed by atoms with E-state index in [-0.39, 0.29) is 24.2 Å².